The zero-order valence-corrected chi connectivity index (χ0v) is 9.67. The molecule has 1 aromatic heterocycles. The molecule has 0 saturated heterocycles. The fraction of sp³-hybridized carbons (Fsp3) is 0.545. The number of nitrogens with zero attached hydrogens (tertiary/aromatic N) is 3. The Bertz CT molecular complexity index is 407. The van der Waals surface area contributed by atoms with Crippen LogP contribution in [0.25, 0.3) is 0 Å². The highest BCUT2D eigenvalue weighted by molar-refractivity contribution is 5.73. The molecule has 0 bridgehead atoms. The first kappa shape index (κ1) is 11.6. The third kappa shape index (κ3) is 3.30. The summed E-state index contributed by atoms with van der Waals surface area (Å²) in [5.41, 5.74) is 0. The van der Waals surface area contributed by atoms with Gasteiger partial charge in [0.1, 0.15) is 18.7 Å². The highest BCUT2D eigenvalue weighted by atomic mass is 16.5. The van der Waals surface area contributed by atoms with Gasteiger partial charge in [-0.1, -0.05) is 0 Å². The second-order valence-electron chi connectivity index (χ2n) is 4.14. The first-order chi connectivity index (χ1) is 8.19. The summed E-state index contributed by atoms with van der Waals surface area (Å²) in [5, 5.41) is 8.89. The molecule has 6 nitrogen and oxygen atoms in total. The average Bonchev–Trinajstić information content (AvgIpc) is 3.12. The molecule has 2 rings (SSSR count). The first-order valence-electron chi connectivity index (χ1n) is 5.52. The molecule has 1 N–H and O–H groups in total. The molecule has 0 aliphatic heterocycles. The fourth-order valence-electron chi connectivity index (χ4n) is 1.63. The standard InChI is InChI=1S/C11H15N3O3/c1-17-10-4-9(12-7-13-10)14(6-11(15)16)5-8-2-3-8/h4,7-8H,2-3,5-6H2,1H3,(H,15,16). The van der Waals surface area contributed by atoms with Crippen LogP contribution in [-0.4, -0.2) is 41.2 Å². The molecule has 0 spiro atoms. The van der Waals surface area contributed by atoms with Crippen molar-refractivity contribution in [1.82, 2.24) is 9.97 Å². The van der Waals surface area contributed by atoms with Crippen molar-refractivity contribution >= 4 is 11.8 Å². The summed E-state index contributed by atoms with van der Waals surface area (Å²) in [6.07, 6.45) is 3.71. The maximum atomic E-state index is 10.8. The molecule has 0 amide bonds. The molecular formula is C11H15N3O3. The topological polar surface area (TPSA) is 75.5 Å². The Morgan fingerprint density at radius 2 is 2.35 bits per heavy atom. The largest absolute Gasteiger partial charge is 0.481 e. The summed E-state index contributed by atoms with van der Waals surface area (Å²) < 4.78 is 5.01. The number of carboxylic acid groups (broad SMARTS) is 1. The molecule has 0 aromatic carbocycles. The van der Waals surface area contributed by atoms with E-state index in [9.17, 15) is 4.79 Å². The van der Waals surface area contributed by atoms with Crippen molar-refractivity contribution in [3.63, 3.8) is 0 Å². The number of rotatable bonds is 6. The van der Waals surface area contributed by atoms with Gasteiger partial charge in [0.15, 0.2) is 0 Å². The normalized spacial score (nSPS) is 14.4. The van der Waals surface area contributed by atoms with Gasteiger partial charge in [0, 0.05) is 12.6 Å². The second-order valence-corrected chi connectivity index (χ2v) is 4.14. The van der Waals surface area contributed by atoms with E-state index in [1.54, 1.807) is 11.0 Å². The van der Waals surface area contributed by atoms with Gasteiger partial charge in [-0.3, -0.25) is 4.79 Å². The molecule has 1 saturated carbocycles. The number of carbonyl (C=O) groups is 1. The van der Waals surface area contributed by atoms with Crippen LogP contribution in [0, 0.1) is 5.92 Å². The number of aliphatic carboxylic acids is 1. The first-order valence-corrected chi connectivity index (χ1v) is 5.52. The van der Waals surface area contributed by atoms with Crippen molar-refractivity contribution in [2.75, 3.05) is 25.1 Å². The van der Waals surface area contributed by atoms with E-state index in [1.807, 2.05) is 0 Å². The van der Waals surface area contributed by atoms with Gasteiger partial charge in [-0.15, -0.1) is 0 Å². The van der Waals surface area contributed by atoms with Crippen molar-refractivity contribution in [2.45, 2.75) is 12.8 Å². The Kier molecular flexibility index (Phi) is 3.41. The molecular weight excluding hydrogens is 222 g/mol. The Labute approximate surface area is 99.2 Å². The molecule has 6 heteroatoms. The van der Waals surface area contributed by atoms with Crippen molar-refractivity contribution in [3.8, 4) is 5.88 Å². The second kappa shape index (κ2) is 4.99. The summed E-state index contributed by atoms with van der Waals surface area (Å²) in [5.74, 6) is 0.783. The molecule has 1 aliphatic rings. The van der Waals surface area contributed by atoms with Gasteiger partial charge in [0.05, 0.1) is 7.11 Å². The molecule has 1 aromatic rings. The fourth-order valence-corrected chi connectivity index (χ4v) is 1.63. The molecule has 0 atom stereocenters. The van der Waals surface area contributed by atoms with E-state index >= 15 is 0 Å². The Balaban J connectivity index is 2.13. The Hall–Kier alpha value is -1.85. The number of hydrogen-bond acceptors (Lipinski definition) is 5. The minimum absolute atomic E-state index is 0.0450. The number of methoxy groups -OCH3 is 1. The van der Waals surface area contributed by atoms with E-state index < -0.39 is 5.97 Å². The van der Waals surface area contributed by atoms with Crippen molar-refractivity contribution < 1.29 is 14.6 Å². The number of carboxylic acids is 1. The molecule has 1 fully saturated rings. The highest BCUT2D eigenvalue weighted by Crippen LogP contribution is 2.31. The van der Waals surface area contributed by atoms with Gasteiger partial charge < -0.3 is 14.7 Å². The quantitative estimate of drug-likeness (QED) is 0.788. The van der Waals surface area contributed by atoms with E-state index in [1.165, 1.54) is 26.3 Å². The van der Waals surface area contributed by atoms with Crippen LogP contribution >= 0.6 is 0 Å². The van der Waals surface area contributed by atoms with Gasteiger partial charge in [0.25, 0.3) is 0 Å². The van der Waals surface area contributed by atoms with Crippen molar-refractivity contribution in [1.29, 1.82) is 0 Å². The number of hydrogen-bond donors (Lipinski definition) is 1. The van der Waals surface area contributed by atoms with Gasteiger partial charge in [0.2, 0.25) is 5.88 Å². The average molecular weight is 237 g/mol. The monoisotopic (exact) mass is 237 g/mol. The van der Waals surface area contributed by atoms with Crippen LogP contribution in [-0.2, 0) is 4.79 Å². The summed E-state index contributed by atoms with van der Waals surface area (Å²) in [6, 6.07) is 1.66. The van der Waals surface area contributed by atoms with Crippen LogP contribution in [0.15, 0.2) is 12.4 Å². The summed E-state index contributed by atoms with van der Waals surface area (Å²) >= 11 is 0. The third-order valence-corrected chi connectivity index (χ3v) is 2.66. The lowest BCUT2D eigenvalue weighted by Crippen LogP contribution is -2.32. The minimum atomic E-state index is -0.858. The van der Waals surface area contributed by atoms with Gasteiger partial charge in [-0.2, -0.15) is 0 Å². The Morgan fingerprint density at radius 3 is 2.94 bits per heavy atom. The smallest absolute Gasteiger partial charge is 0.323 e. The third-order valence-electron chi connectivity index (χ3n) is 2.66. The van der Waals surface area contributed by atoms with Gasteiger partial charge in [-0.05, 0) is 18.8 Å². The van der Waals surface area contributed by atoms with Crippen molar-refractivity contribution in [2.24, 2.45) is 5.92 Å². The zero-order valence-electron chi connectivity index (χ0n) is 9.67. The summed E-state index contributed by atoms with van der Waals surface area (Å²) in [6.45, 7) is 0.684. The SMILES string of the molecule is COc1cc(N(CC(=O)O)CC2CC2)ncn1. The van der Waals surface area contributed by atoms with Crippen LogP contribution in [0.5, 0.6) is 5.88 Å². The summed E-state index contributed by atoms with van der Waals surface area (Å²) in [4.78, 5) is 20.6. The summed E-state index contributed by atoms with van der Waals surface area (Å²) in [7, 11) is 1.52. The molecule has 1 heterocycles. The lowest BCUT2D eigenvalue weighted by Gasteiger charge is -2.21. The number of aromatic nitrogens is 2. The van der Waals surface area contributed by atoms with Crippen LogP contribution in [0.1, 0.15) is 12.8 Å². The molecule has 0 radical (unpaired) electrons. The maximum absolute atomic E-state index is 10.8. The molecule has 17 heavy (non-hydrogen) atoms. The van der Waals surface area contributed by atoms with E-state index in [4.69, 9.17) is 9.84 Å². The van der Waals surface area contributed by atoms with Crippen LogP contribution < -0.4 is 9.64 Å². The zero-order chi connectivity index (χ0) is 12.3. The van der Waals surface area contributed by atoms with E-state index in [2.05, 4.69) is 9.97 Å². The van der Waals surface area contributed by atoms with E-state index in [0.29, 0.717) is 17.6 Å². The van der Waals surface area contributed by atoms with Crippen LogP contribution in [0.3, 0.4) is 0 Å². The predicted molar refractivity (Wildman–Crippen MR) is 61.2 cm³/mol. The number of ether oxygens (including phenoxy) is 1. The Morgan fingerprint density at radius 1 is 1.59 bits per heavy atom. The molecule has 1 aliphatic carbocycles. The highest BCUT2D eigenvalue weighted by Gasteiger charge is 2.26. The maximum Gasteiger partial charge on any atom is 0.323 e. The van der Waals surface area contributed by atoms with E-state index in [-0.39, 0.29) is 6.54 Å². The van der Waals surface area contributed by atoms with Crippen LogP contribution in [0.2, 0.25) is 0 Å². The lowest BCUT2D eigenvalue weighted by molar-refractivity contribution is -0.135. The molecule has 92 valence electrons. The van der Waals surface area contributed by atoms with Crippen LogP contribution in [0.4, 0.5) is 5.82 Å². The van der Waals surface area contributed by atoms with Crippen molar-refractivity contribution in [3.05, 3.63) is 12.4 Å². The van der Waals surface area contributed by atoms with E-state index in [0.717, 1.165) is 6.54 Å². The minimum Gasteiger partial charge on any atom is -0.481 e. The van der Waals surface area contributed by atoms with Gasteiger partial charge >= 0.3 is 5.97 Å². The van der Waals surface area contributed by atoms with Gasteiger partial charge in [-0.25, -0.2) is 9.97 Å². The predicted octanol–water partition coefficient (Wildman–Crippen LogP) is 0.786. The lowest BCUT2D eigenvalue weighted by atomic mass is 10.3. The number of anilines is 1. The molecule has 0 unspecified atom stereocenters.